The minimum atomic E-state index is -0.783. The van der Waals surface area contributed by atoms with E-state index in [1.165, 1.54) is 11.8 Å². The number of nitriles is 1. The van der Waals surface area contributed by atoms with Crippen molar-refractivity contribution in [2.24, 2.45) is 5.92 Å². The molecule has 3 rings (SSSR count). The Morgan fingerprint density at radius 2 is 2.14 bits per heavy atom. The summed E-state index contributed by atoms with van der Waals surface area (Å²) in [5.41, 5.74) is -0.783. The molecule has 2 heterocycles. The van der Waals surface area contributed by atoms with Gasteiger partial charge in [0.05, 0.1) is 18.4 Å². The van der Waals surface area contributed by atoms with E-state index in [2.05, 4.69) is 21.6 Å². The fraction of sp³-hybridized carbons (Fsp3) is 0.737. The van der Waals surface area contributed by atoms with Crippen LogP contribution in [0.2, 0.25) is 0 Å². The van der Waals surface area contributed by atoms with Gasteiger partial charge in [0, 0.05) is 19.5 Å². The molecule has 0 spiro atoms. The summed E-state index contributed by atoms with van der Waals surface area (Å²) in [5.74, 6) is 1.19. The number of rotatable bonds is 8. The van der Waals surface area contributed by atoms with Crippen molar-refractivity contribution in [3.8, 4) is 6.07 Å². The molecule has 2 aliphatic rings. The van der Waals surface area contributed by atoms with Crippen LogP contribution in [0.3, 0.4) is 0 Å². The van der Waals surface area contributed by atoms with E-state index in [1.807, 2.05) is 16.4 Å². The highest BCUT2D eigenvalue weighted by atomic mass is 32.2. The lowest BCUT2D eigenvalue weighted by Gasteiger charge is -2.22. The molecule has 152 valence electrons. The number of carbonyl (C=O) groups is 2. The van der Waals surface area contributed by atoms with Gasteiger partial charge >= 0.3 is 0 Å². The third-order valence-electron chi connectivity index (χ3n) is 5.47. The molecule has 2 fully saturated rings. The number of amides is 2. The number of likely N-dealkylation sites (tertiary alicyclic amines) is 1. The summed E-state index contributed by atoms with van der Waals surface area (Å²) in [6.07, 6.45) is 5.63. The predicted octanol–water partition coefficient (Wildman–Crippen LogP) is 2.10. The average molecular weight is 405 g/mol. The second-order valence-electron chi connectivity index (χ2n) is 7.69. The van der Waals surface area contributed by atoms with Crippen LogP contribution in [-0.4, -0.2) is 49.3 Å². The SMILES string of the molecule is CCn1c(CN2CCCCCC2=O)nnc1SCC(=O)NC(C)(C#N)C1CC1. The molecule has 28 heavy (non-hydrogen) atoms. The highest BCUT2D eigenvalue weighted by Crippen LogP contribution is 2.39. The van der Waals surface area contributed by atoms with Crippen molar-refractivity contribution >= 4 is 23.6 Å². The maximum atomic E-state index is 12.3. The van der Waals surface area contributed by atoms with Gasteiger partial charge in [-0.25, -0.2) is 0 Å². The van der Waals surface area contributed by atoms with Gasteiger partial charge in [-0.1, -0.05) is 18.2 Å². The highest BCUT2D eigenvalue weighted by Gasteiger charge is 2.43. The van der Waals surface area contributed by atoms with Crippen molar-refractivity contribution in [1.29, 1.82) is 5.26 Å². The van der Waals surface area contributed by atoms with E-state index in [-0.39, 0.29) is 23.5 Å². The van der Waals surface area contributed by atoms with E-state index in [4.69, 9.17) is 0 Å². The normalized spacial score (nSPS) is 19.6. The number of nitrogens with one attached hydrogen (secondary N) is 1. The monoisotopic (exact) mass is 404 g/mol. The molecule has 1 saturated carbocycles. The van der Waals surface area contributed by atoms with Crippen LogP contribution in [0.15, 0.2) is 5.16 Å². The van der Waals surface area contributed by atoms with E-state index < -0.39 is 5.54 Å². The van der Waals surface area contributed by atoms with E-state index in [0.29, 0.717) is 24.7 Å². The van der Waals surface area contributed by atoms with Gasteiger partial charge in [0.15, 0.2) is 11.0 Å². The first-order valence-corrected chi connectivity index (χ1v) is 11.0. The Hall–Kier alpha value is -2.08. The van der Waals surface area contributed by atoms with Crippen molar-refractivity contribution in [3.05, 3.63) is 5.82 Å². The highest BCUT2D eigenvalue weighted by molar-refractivity contribution is 7.99. The van der Waals surface area contributed by atoms with E-state index in [9.17, 15) is 14.9 Å². The standard InChI is InChI=1S/C19H28N6O2S/c1-3-25-15(11-24-10-6-4-5-7-17(24)27)22-23-18(25)28-12-16(26)21-19(2,13-20)14-8-9-14/h14H,3-12H2,1-2H3,(H,21,26). The average Bonchev–Trinajstić information content (AvgIpc) is 3.49. The molecule has 0 aromatic carbocycles. The van der Waals surface area contributed by atoms with Gasteiger partial charge < -0.3 is 14.8 Å². The number of thioether (sulfide) groups is 1. The zero-order valence-corrected chi connectivity index (χ0v) is 17.4. The molecular weight excluding hydrogens is 376 g/mol. The van der Waals surface area contributed by atoms with Crippen LogP contribution in [-0.2, 0) is 22.7 Å². The molecule has 1 N–H and O–H groups in total. The first-order valence-electron chi connectivity index (χ1n) is 10.0. The van der Waals surface area contributed by atoms with Crippen molar-refractivity contribution in [2.45, 2.75) is 76.2 Å². The Kier molecular flexibility index (Phi) is 6.60. The second kappa shape index (κ2) is 8.95. The summed E-state index contributed by atoms with van der Waals surface area (Å²) in [6.45, 7) is 5.68. The van der Waals surface area contributed by atoms with Gasteiger partial charge in [-0.05, 0) is 45.4 Å². The van der Waals surface area contributed by atoms with Gasteiger partial charge in [0.1, 0.15) is 5.54 Å². The lowest BCUT2D eigenvalue weighted by Crippen LogP contribution is -2.47. The zero-order valence-electron chi connectivity index (χ0n) is 16.6. The van der Waals surface area contributed by atoms with E-state index in [0.717, 1.165) is 44.5 Å². The summed E-state index contributed by atoms with van der Waals surface area (Å²) in [4.78, 5) is 26.4. The second-order valence-corrected chi connectivity index (χ2v) is 8.64. The fourth-order valence-corrected chi connectivity index (χ4v) is 4.40. The first-order chi connectivity index (χ1) is 13.5. The van der Waals surface area contributed by atoms with Crippen molar-refractivity contribution in [1.82, 2.24) is 25.0 Å². The number of carbonyl (C=O) groups excluding carboxylic acids is 2. The number of hydrogen-bond donors (Lipinski definition) is 1. The van der Waals surface area contributed by atoms with Gasteiger partial charge in [0.2, 0.25) is 11.8 Å². The predicted molar refractivity (Wildman–Crippen MR) is 105 cm³/mol. The topological polar surface area (TPSA) is 104 Å². The minimum absolute atomic E-state index is 0.171. The van der Waals surface area contributed by atoms with Crippen molar-refractivity contribution < 1.29 is 9.59 Å². The molecule has 1 saturated heterocycles. The van der Waals surface area contributed by atoms with Crippen LogP contribution in [0.5, 0.6) is 0 Å². The molecule has 1 aromatic heterocycles. The molecule has 1 atom stereocenters. The summed E-state index contributed by atoms with van der Waals surface area (Å²) in [7, 11) is 0. The number of nitrogens with zero attached hydrogens (tertiary/aromatic N) is 5. The first kappa shape index (κ1) is 20.6. The van der Waals surface area contributed by atoms with Crippen LogP contribution in [0.1, 0.15) is 58.2 Å². The molecule has 0 bridgehead atoms. The summed E-state index contributed by atoms with van der Waals surface area (Å²) >= 11 is 1.32. The fourth-order valence-electron chi connectivity index (χ4n) is 3.57. The smallest absolute Gasteiger partial charge is 0.231 e. The van der Waals surface area contributed by atoms with Crippen LogP contribution in [0.4, 0.5) is 0 Å². The Labute approximate surface area is 170 Å². The van der Waals surface area contributed by atoms with Crippen molar-refractivity contribution in [3.63, 3.8) is 0 Å². The van der Waals surface area contributed by atoms with Gasteiger partial charge in [-0.2, -0.15) is 5.26 Å². The molecular formula is C19H28N6O2S. The van der Waals surface area contributed by atoms with Gasteiger partial charge in [0.25, 0.3) is 0 Å². The summed E-state index contributed by atoms with van der Waals surface area (Å²) in [5, 5.41) is 21.4. The lowest BCUT2D eigenvalue weighted by molar-refractivity contribution is -0.131. The van der Waals surface area contributed by atoms with Crippen LogP contribution in [0.25, 0.3) is 0 Å². The van der Waals surface area contributed by atoms with E-state index >= 15 is 0 Å². The Bertz CT molecular complexity index is 769. The van der Waals surface area contributed by atoms with E-state index in [1.54, 1.807) is 6.92 Å². The third kappa shape index (κ3) is 4.85. The quantitative estimate of drug-likeness (QED) is 0.666. The molecule has 1 unspecified atom stereocenters. The number of hydrogen-bond acceptors (Lipinski definition) is 6. The molecule has 0 radical (unpaired) electrons. The van der Waals surface area contributed by atoms with Crippen LogP contribution < -0.4 is 5.32 Å². The van der Waals surface area contributed by atoms with Crippen molar-refractivity contribution in [2.75, 3.05) is 12.3 Å². The maximum absolute atomic E-state index is 12.3. The summed E-state index contributed by atoms with van der Waals surface area (Å²) < 4.78 is 1.96. The third-order valence-corrected chi connectivity index (χ3v) is 6.44. The van der Waals surface area contributed by atoms with Crippen LogP contribution in [0, 0.1) is 17.2 Å². The zero-order chi connectivity index (χ0) is 20.1. The van der Waals surface area contributed by atoms with Gasteiger partial charge in [-0.15, -0.1) is 10.2 Å². The minimum Gasteiger partial charge on any atom is -0.337 e. The van der Waals surface area contributed by atoms with Crippen LogP contribution >= 0.6 is 11.8 Å². The summed E-state index contributed by atoms with van der Waals surface area (Å²) in [6, 6.07) is 2.24. The maximum Gasteiger partial charge on any atom is 0.231 e. The Morgan fingerprint density at radius 1 is 1.36 bits per heavy atom. The van der Waals surface area contributed by atoms with Gasteiger partial charge in [-0.3, -0.25) is 9.59 Å². The molecule has 1 aromatic rings. The number of aromatic nitrogens is 3. The molecule has 2 amide bonds. The Balaban J connectivity index is 1.59. The largest absolute Gasteiger partial charge is 0.337 e. The lowest BCUT2D eigenvalue weighted by atomic mass is 9.98. The molecule has 8 nitrogen and oxygen atoms in total. The molecule has 9 heteroatoms. The Morgan fingerprint density at radius 3 is 2.82 bits per heavy atom. The molecule has 1 aliphatic heterocycles. The molecule has 1 aliphatic carbocycles.